The van der Waals surface area contributed by atoms with Gasteiger partial charge in [-0.3, -0.25) is 4.79 Å². The van der Waals surface area contributed by atoms with Crippen LogP contribution < -0.4 is 5.32 Å². The van der Waals surface area contributed by atoms with Crippen LogP contribution in [0.1, 0.15) is 25.6 Å². The van der Waals surface area contributed by atoms with E-state index >= 15 is 0 Å². The minimum absolute atomic E-state index is 0.0911. The monoisotopic (exact) mass is 224 g/mol. The van der Waals surface area contributed by atoms with Crippen LogP contribution in [0.4, 0.5) is 6.01 Å². The van der Waals surface area contributed by atoms with Gasteiger partial charge in [0.05, 0.1) is 0 Å². The zero-order valence-electron chi connectivity index (χ0n) is 9.56. The molecule has 1 aromatic rings. The molecule has 0 aliphatic carbocycles. The second-order valence-corrected chi connectivity index (χ2v) is 4.05. The number of nitrogens with one attached hydrogen (secondary N) is 1. The summed E-state index contributed by atoms with van der Waals surface area (Å²) < 4.78 is 4.90. The first kappa shape index (κ1) is 10.9. The zero-order valence-corrected chi connectivity index (χ0v) is 9.56. The molecule has 2 rings (SSSR count). The van der Waals surface area contributed by atoms with Crippen LogP contribution in [-0.2, 0) is 4.79 Å². The molecular weight excluding hydrogens is 208 g/mol. The van der Waals surface area contributed by atoms with Crippen molar-refractivity contribution in [1.29, 1.82) is 0 Å². The first-order valence-corrected chi connectivity index (χ1v) is 5.52. The summed E-state index contributed by atoms with van der Waals surface area (Å²) in [7, 11) is 0. The lowest BCUT2D eigenvalue weighted by Gasteiger charge is -2.20. The van der Waals surface area contributed by atoms with E-state index in [4.69, 9.17) is 4.52 Å². The largest absolute Gasteiger partial charge is 0.341 e. The second-order valence-electron chi connectivity index (χ2n) is 4.05. The highest BCUT2D eigenvalue weighted by Crippen LogP contribution is 2.11. The number of amides is 1. The van der Waals surface area contributed by atoms with Crippen LogP contribution in [0, 0.1) is 6.92 Å². The Morgan fingerprint density at radius 2 is 2.19 bits per heavy atom. The Hall–Kier alpha value is -1.59. The smallest absolute Gasteiger partial charge is 0.322 e. The number of carbonyl (C=O) groups is 1. The molecule has 0 saturated carbocycles. The zero-order chi connectivity index (χ0) is 11.5. The number of nitrogens with zero attached hydrogens (tertiary/aromatic N) is 3. The van der Waals surface area contributed by atoms with Crippen LogP contribution in [0.2, 0.25) is 0 Å². The van der Waals surface area contributed by atoms with Gasteiger partial charge in [0.1, 0.15) is 6.04 Å². The summed E-state index contributed by atoms with van der Waals surface area (Å²) in [5, 5.41) is 6.56. The SMILES string of the molecule is Cc1noc(NC(C)C(=O)N2CCCC2)n1. The number of rotatable bonds is 3. The summed E-state index contributed by atoms with van der Waals surface area (Å²) in [6.45, 7) is 5.25. The Balaban J connectivity index is 1.91. The molecule has 2 heterocycles. The molecule has 1 aromatic heterocycles. The molecule has 6 nitrogen and oxygen atoms in total. The maximum atomic E-state index is 11.9. The van der Waals surface area contributed by atoms with Crippen LogP contribution in [0.3, 0.4) is 0 Å². The van der Waals surface area contributed by atoms with Gasteiger partial charge < -0.3 is 14.7 Å². The number of carbonyl (C=O) groups excluding carboxylic acids is 1. The van der Waals surface area contributed by atoms with E-state index in [1.165, 1.54) is 0 Å². The molecule has 1 amide bonds. The summed E-state index contributed by atoms with van der Waals surface area (Å²) in [5.74, 6) is 0.650. The van der Waals surface area contributed by atoms with Crippen molar-refractivity contribution in [2.75, 3.05) is 18.4 Å². The minimum Gasteiger partial charge on any atom is -0.341 e. The molecule has 16 heavy (non-hydrogen) atoms. The van der Waals surface area contributed by atoms with Gasteiger partial charge in [-0.25, -0.2) is 0 Å². The average molecular weight is 224 g/mol. The molecule has 0 bridgehead atoms. The molecule has 1 saturated heterocycles. The topological polar surface area (TPSA) is 71.3 Å². The van der Waals surface area contributed by atoms with E-state index < -0.39 is 0 Å². The molecule has 1 unspecified atom stereocenters. The molecular formula is C10H16N4O2. The number of anilines is 1. The van der Waals surface area contributed by atoms with Gasteiger partial charge >= 0.3 is 6.01 Å². The maximum Gasteiger partial charge on any atom is 0.322 e. The fraction of sp³-hybridized carbons (Fsp3) is 0.700. The highest BCUT2D eigenvalue weighted by atomic mass is 16.5. The van der Waals surface area contributed by atoms with Gasteiger partial charge in [0.25, 0.3) is 0 Å². The number of aryl methyl sites for hydroxylation is 1. The average Bonchev–Trinajstić information content (AvgIpc) is 2.88. The molecule has 0 aromatic carbocycles. The van der Waals surface area contributed by atoms with E-state index in [9.17, 15) is 4.79 Å². The lowest BCUT2D eigenvalue weighted by Crippen LogP contribution is -2.39. The minimum atomic E-state index is -0.321. The van der Waals surface area contributed by atoms with Crippen molar-refractivity contribution in [3.63, 3.8) is 0 Å². The fourth-order valence-corrected chi connectivity index (χ4v) is 1.81. The van der Waals surface area contributed by atoms with Crippen molar-refractivity contribution < 1.29 is 9.32 Å². The molecule has 88 valence electrons. The normalized spacial score (nSPS) is 17.5. The molecule has 0 radical (unpaired) electrons. The van der Waals surface area contributed by atoms with E-state index in [0.29, 0.717) is 11.8 Å². The van der Waals surface area contributed by atoms with Crippen LogP contribution in [0.15, 0.2) is 4.52 Å². The van der Waals surface area contributed by atoms with Crippen LogP contribution in [-0.4, -0.2) is 40.1 Å². The third-order valence-corrected chi connectivity index (χ3v) is 2.66. The summed E-state index contributed by atoms with van der Waals surface area (Å²) in [6, 6.07) is -0.0181. The number of hydrogen-bond acceptors (Lipinski definition) is 5. The predicted octanol–water partition coefficient (Wildman–Crippen LogP) is 0.801. The maximum absolute atomic E-state index is 11.9. The number of hydrogen-bond donors (Lipinski definition) is 1. The quantitative estimate of drug-likeness (QED) is 0.822. The highest BCUT2D eigenvalue weighted by Gasteiger charge is 2.24. The first-order chi connectivity index (χ1) is 7.66. The molecule has 6 heteroatoms. The van der Waals surface area contributed by atoms with Gasteiger partial charge in [-0.2, -0.15) is 4.98 Å². The molecule has 1 fully saturated rings. The Bertz CT molecular complexity index is 371. The summed E-state index contributed by atoms with van der Waals surface area (Å²) in [5.41, 5.74) is 0. The van der Waals surface area contributed by atoms with Crippen molar-refractivity contribution in [3.8, 4) is 0 Å². The molecule has 1 aliphatic rings. The van der Waals surface area contributed by atoms with Crippen molar-refractivity contribution in [3.05, 3.63) is 5.82 Å². The number of likely N-dealkylation sites (tertiary alicyclic amines) is 1. The fourth-order valence-electron chi connectivity index (χ4n) is 1.81. The number of aromatic nitrogens is 2. The summed E-state index contributed by atoms with van der Waals surface area (Å²) in [4.78, 5) is 17.8. The molecule has 1 N–H and O–H groups in total. The molecule has 1 aliphatic heterocycles. The van der Waals surface area contributed by atoms with E-state index in [-0.39, 0.29) is 11.9 Å². The van der Waals surface area contributed by atoms with Gasteiger partial charge in [-0.1, -0.05) is 5.16 Å². The van der Waals surface area contributed by atoms with E-state index in [2.05, 4.69) is 15.5 Å². The standard InChI is InChI=1S/C10H16N4O2/c1-7(9(15)14-5-3-4-6-14)11-10-12-8(2)13-16-10/h7H,3-6H2,1-2H3,(H,11,12,13). The molecule has 1 atom stereocenters. The second kappa shape index (κ2) is 4.51. The van der Waals surface area contributed by atoms with Crippen LogP contribution in [0.25, 0.3) is 0 Å². The van der Waals surface area contributed by atoms with Gasteiger partial charge in [-0.15, -0.1) is 0 Å². The Morgan fingerprint density at radius 3 is 2.75 bits per heavy atom. The Kier molecular flexibility index (Phi) is 3.07. The van der Waals surface area contributed by atoms with Gasteiger partial charge in [0, 0.05) is 13.1 Å². The highest BCUT2D eigenvalue weighted by molar-refractivity contribution is 5.83. The third-order valence-electron chi connectivity index (χ3n) is 2.66. The van der Waals surface area contributed by atoms with Crippen LogP contribution >= 0.6 is 0 Å². The predicted molar refractivity (Wildman–Crippen MR) is 57.9 cm³/mol. The Morgan fingerprint density at radius 1 is 1.50 bits per heavy atom. The molecule has 0 spiro atoms. The van der Waals surface area contributed by atoms with Crippen molar-refractivity contribution >= 4 is 11.9 Å². The Labute approximate surface area is 94.0 Å². The van der Waals surface area contributed by atoms with E-state index in [0.717, 1.165) is 25.9 Å². The van der Waals surface area contributed by atoms with Gasteiger partial charge in [-0.05, 0) is 26.7 Å². The summed E-state index contributed by atoms with van der Waals surface area (Å²) in [6.07, 6.45) is 2.19. The van der Waals surface area contributed by atoms with E-state index in [1.807, 2.05) is 4.90 Å². The first-order valence-electron chi connectivity index (χ1n) is 5.52. The lowest BCUT2D eigenvalue weighted by molar-refractivity contribution is -0.130. The van der Waals surface area contributed by atoms with Crippen LogP contribution in [0.5, 0.6) is 0 Å². The van der Waals surface area contributed by atoms with Crippen molar-refractivity contribution in [2.24, 2.45) is 0 Å². The van der Waals surface area contributed by atoms with Gasteiger partial charge in [0.15, 0.2) is 5.82 Å². The lowest BCUT2D eigenvalue weighted by atomic mass is 10.3. The van der Waals surface area contributed by atoms with Crippen molar-refractivity contribution in [2.45, 2.75) is 32.7 Å². The van der Waals surface area contributed by atoms with Gasteiger partial charge in [0.2, 0.25) is 5.91 Å². The summed E-state index contributed by atoms with van der Waals surface area (Å²) >= 11 is 0. The van der Waals surface area contributed by atoms with Crippen molar-refractivity contribution in [1.82, 2.24) is 15.0 Å². The third kappa shape index (κ3) is 2.32. The van der Waals surface area contributed by atoms with E-state index in [1.54, 1.807) is 13.8 Å².